The Morgan fingerprint density at radius 1 is 1.32 bits per heavy atom. The molecule has 1 aromatic carbocycles. The van der Waals surface area contributed by atoms with Crippen molar-refractivity contribution in [3.63, 3.8) is 0 Å². The zero-order chi connectivity index (χ0) is 14.3. The molecule has 0 bridgehead atoms. The number of benzene rings is 1. The van der Waals surface area contributed by atoms with E-state index in [4.69, 9.17) is 5.11 Å². The molecule has 0 saturated heterocycles. The monoisotopic (exact) mass is 289 g/mol. The Morgan fingerprint density at radius 2 is 2.05 bits per heavy atom. The Morgan fingerprint density at radius 3 is 2.68 bits per heavy atom. The Hall–Kier alpha value is -1.63. The largest absolute Gasteiger partial charge is 0.481 e. The first-order valence-electron chi connectivity index (χ1n) is 5.49. The number of thioether (sulfide) groups is 1. The lowest BCUT2D eigenvalue weighted by molar-refractivity contribution is -0.133. The van der Waals surface area contributed by atoms with E-state index in [0.717, 1.165) is 12.1 Å². The number of carbonyl (C=O) groups is 2. The van der Waals surface area contributed by atoms with Crippen LogP contribution in [0.1, 0.15) is 5.56 Å². The van der Waals surface area contributed by atoms with Crippen LogP contribution in [0.25, 0.3) is 0 Å². The molecule has 0 aliphatic rings. The number of carboxylic acids is 1. The lowest BCUT2D eigenvalue weighted by Crippen LogP contribution is -2.27. The smallest absolute Gasteiger partial charge is 0.313 e. The quantitative estimate of drug-likeness (QED) is 0.745. The lowest BCUT2D eigenvalue weighted by Gasteiger charge is -2.05. The second kappa shape index (κ2) is 7.73. The van der Waals surface area contributed by atoms with Crippen LogP contribution in [0.4, 0.5) is 8.78 Å². The van der Waals surface area contributed by atoms with Gasteiger partial charge in [0.05, 0.1) is 12.2 Å². The summed E-state index contributed by atoms with van der Waals surface area (Å²) < 4.78 is 25.9. The molecular weight excluding hydrogens is 276 g/mol. The third kappa shape index (κ3) is 6.19. The lowest BCUT2D eigenvalue weighted by atomic mass is 10.1. The summed E-state index contributed by atoms with van der Waals surface area (Å²) in [5.74, 6) is -2.31. The summed E-state index contributed by atoms with van der Waals surface area (Å²) in [6, 6.07) is 3.04. The van der Waals surface area contributed by atoms with Crippen LogP contribution >= 0.6 is 11.8 Å². The average Bonchev–Trinajstić information content (AvgIpc) is 2.32. The van der Waals surface area contributed by atoms with Crippen molar-refractivity contribution in [2.24, 2.45) is 0 Å². The van der Waals surface area contributed by atoms with Crippen molar-refractivity contribution in [1.29, 1.82) is 0 Å². The van der Waals surface area contributed by atoms with E-state index in [9.17, 15) is 18.4 Å². The molecule has 0 fully saturated rings. The molecule has 1 rings (SSSR count). The van der Waals surface area contributed by atoms with E-state index in [1.54, 1.807) is 0 Å². The highest BCUT2D eigenvalue weighted by molar-refractivity contribution is 7.99. The first-order valence-corrected chi connectivity index (χ1v) is 6.64. The van der Waals surface area contributed by atoms with Gasteiger partial charge in [-0.05, 0) is 11.6 Å². The van der Waals surface area contributed by atoms with Gasteiger partial charge in [0.25, 0.3) is 0 Å². The van der Waals surface area contributed by atoms with Crippen molar-refractivity contribution >= 4 is 23.6 Å². The zero-order valence-corrected chi connectivity index (χ0v) is 10.8. The minimum Gasteiger partial charge on any atom is -0.481 e. The van der Waals surface area contributed by atoms with Crippen molar-refractivity contribution in [2.75, 3.05) is 18.1 Å². The van der Waals surface area contributed by atoms with Gasteiger partial charge < -0.3 is 10.4 Å². The maximum absolute atomic E-state index is 13.3. The third-order valence-electron chi connectivity index (χ3n) is 2.16. The van der Waals surface area contributed by atoms with Crippen LogP contribution in [-0.2, 0) is 16.0 Å². The standard InChI is InChI=1S/C12H13F2NO3S/c13-9-2-1-8(10(14)6-9)5-11(16)15-3-4-19-7-12(17)18/h1-2,6H,3-5,7H2,(H,15,16)(H,17,18). The Balaban J connectivity index is 2.29. The molecule has 0 aliphatic carbocycles. The van der Waals surface area contributed by atoms with E-state index in [2.05, 4.69) is 5.32 Å². The molecule has 0 atom stereocenters. The summed E-state index contributed by atoms with van der Waals surface area (Å²) in [4.78, 5) is 21.7. The van der Waals surface area contributed by atoms with E-state index in [1.165, 1.54) is 17.8 Å². The van der Waals surface area contributed by atoms with Gasteiger partial charge in [-0.2, -0.15) is 0 Å². The van der Waals surface area contributed by atoms with Gasteiger partial charge in [-0.25, -0.2) is 8.78 Å². The fourth-order valence-corrected chi connectivity index (χ4v) is 1.89. The van der Waals surface area contributed by atoms with Crippen LogP contribution in [0.5, 0.6) is 0 Å². The Bertz CT molecular complexity index is 468. The molecule has 7 heteroatoms. The minimum absolute atomic E-state index is 0.0253. The molecule has 1 amide bonds. The molecule has 104 valence electrons. The first kappa shape index (κ1) is 15.4. The Labute approximate surface area is 113 Å². The third-order valence-corrected chi connectivity index (χ3v) is 3.10. The number of aliphatic carboxylic acids is 1. The van der Waals surface area contributed by atoms with Crippen LogP contribution in [0, 0.1) is 11.6 Å². The van der Waals surface area contributed by atoms with Gasteiger partial charge in [-0.15, -0.1) is 11.8 Å². The van der Waals surface area contributed by atoms with E-state index in [0.29, 0.717) is 12.3 Å². The van der Waals surface area contributed by atoms with Crippen LogP contribution in [0.3, 0.4) is 0 Å². The number of carboxylic acid groups (broad SMARTS) is 1. The normalized spacial score (nSPS) is 10.2. The predicted molar refractivity (Wildman–Crippen MR) is 68.0 cm³/mol. The fourth-order valence-electron chi connectivity index (χ4n) is 1.32. The number of hydrogen-bond donors (Lipinski definition) is 2. The summed E-state index contributed by atoms with van der Waals surface area (Å²) in [7, 11) is 0. The van der Waals surface area contributed by atoms with E-state index in [-0.39, 0.29) is 23.6 Å². The molecule has 0 unspecified atom stereocenters. The van der Waals surface area contributed by atoms with Crippen molar-refractivity contribution in [3.8, 4) is 0 Å². The van der Waals surface area contributed by atoms with Gasteiger partial charge in [0.15, 0.2) is 0 Å². The molecule has 0 spiro atoms. The second-order valence-electron chi connectivity index (χ2n) is 3.71. The Kier molecular flexibility index (Phi) is 6.27. The van der Waals surface area contributed by atoms with Gasteiger partial charge in [-0.1, -0.05) is 6.07 Å². The van der Waals surface area contributed by atoms with Gasteiger partial charge in [-0.3, -0.25) is 9.59 Å². The molecule has 2 N–H and O–H groups in total. The van der Waals surface area contributed by atoms with Crippen LogP contribution < -0.4 is 5.32 Å². The van der Waals surface area contributed by atoms with Crippen molar-refractivity contribution in [3.05, 3.63) is 35.4 Å². The predicted octanol–water partition coefficient (Wildman–Crippen LogP) is 1.44. The van der Waals surface area contributed by atoms with Crippen LogP contribution in [0.15, 0.2) is 18.2 Å². The van der Waals surface area contributed by atoms with Crippen molar-refractivity contribution in [2.45, 2.75) is 6.42 Å². The summed E-state index contributed by atoms with van der Waals surface area (Å²) in [5, 5.41) is 10.9. The van der Waals surface area contributed by atoms with Gasteiger partial charge in [0.1, 0.15) is 11.6 Å². The topological polar surface area (TPSA) is 66.4 Å². The first-order chi connectivity index (χ1) is 8.99. The maximum atomic E-state index is 13.3. The summed E-state index contributed by atoms with van der Waals surface area (Å²) in [6.07, 6.45) is -0.171. The van der Waals surface area contributed by atoms with E-state index < -0.39 is 17.6 Å². The molecule has 0 aromatic heterocycles. The summed E-state index contributed by atoms with van der Waals surface area (Å²) >= 11 is 1.18. The number of amides is 1. The molecule has 0 radical (unpaired) electrons. The number of halogens is 2. The number of nitrogens with one attached hydrogen (secondary N) is 1. The van der Waals surface area contributed by atoms with Gasteiger partial charge in [0, 0.05) is 18.4 Å². The van der Waals surface area contributed by atoms with E-state index >= 15 is 0 Å². The molecular formula is C12H13F2NO3S. The second-order valence-corrected chi connectivity index (χ2v) is 4.81. The van der Waals surface area contributed by atoms with Crippen LogP contribution in [0.2, 0.25) is 0 Å². The summed E-state index contributed by atoms with van der Waals surface area (Å²) in [5.41, 5.74) is 0.122. The average molecular weight is 289 g/mol. The SMILES string of the molecule is O=C(O)CSCCNC(=O)Cc1ccc(F)cc1F. The fraction of sp³-hybridized carbons (Fsp3) is 0.333. The molecule has 0 aliphatic heterocycles. The number of carbonyl (C=O) groups excluding carboxylic acids is 1. The molecule has 1 aromatic rings. The molecule has 0 heterocycles. The highest BCUT2D eigenvalue weighted by atomic mass is 32.2. The van der Waals surface area contributed by atoms with Gasteiger partial charge in [0.2, 0.25) is 5.91 Å². The highest BCUT2D eigenvalue weighted by Gasteiger charge is 2.08. The highest BCUT2D eigenvalue weighted by Crippen LogP contribution is 2.10. The van der Waals surface area contributed by atoms with Gasteiger partial charge >= 0.3 is 5.97 Å². The van der Waals surface area contributed by atoms with Crippen molar-refractivity contribution < 1.29 is 23.5 Å². The zero-order valence-electron chi connectivity index (χ0n) is 9.99. The maximum Gasteiger partial charge on any atom is 0.313 e. The van der Waals surface area contributed by atoms with E-state index in [1.807, 2.05) is 0 Å². The molecule has 0 saturated carbocycles. The van der Waals surface area contributed by atoms with Crippen molar-refractivity contribution in [1.82, 2.24) is 5.32 Å². The molecule has 4 nitrogen and oxygen atoms in total. The summed E-state index contributed by atoms with van der Waals surface area (Å²) in [6.45, 7) is 0.305. The minimum atomic E-state index is -0.912. The number of hydrogen-bond acceptors (Lipinski definition) is 3. The van der Waals surface area contributed by atoms with Crippen LogP contribution in [-0.4, -0.2) is 35.0 Å². The number of rotatable bonds is 7. The molecule has 19 heavy (non-hydrogen) atoms.